The number of carbonyl (C=O) groups is 4. The Hall–Kier alpha value is -4.62. The van der Waals surface area contributed by atoms with Gasteiger partial charge in [0.25, 0.3) is 0 Å². The van der Waals surface area contributed by atoms with Crippen LogP contribution in [0, 0.1) is 0 Å². The van der Waals surface area contributed by atoms with Crippen molar-refractivity contribution in [3.63, 3.8) is 0 Å². The van der Waals surface area contributed by atoms with E-state index in [0.717, 1.165) is 11.1 Å². The van der Waals surface area contributed by atoms with Gasteiger partial charge in [0.2, 0.25) is 5.91 Å². The van der Waals surface area contributed by atoms with E-state index >= 15 is 0 Å². The van der Waals surface area contributed by atoms with Gasteiger partial charge < -0.3 is 26.3 Å². The van der Waals surface area contributed by atoms with Crippen LogP contribution in [0.25, 0.3) is 11.3 Å². The number of thiazole rings is 1. The summed E-state index contributed by atoms with van der Waals surface area (Å²) in [5.74, 6) is -0.977. The second-order valence-corrected chi connectivity index (χ2v) is 11.2. The van der Waals surface area contributed by atoms with Gasteiger partial charge in [-0.1, -0.05) is 60.7 Å². The first kappa shape index (κ1) is 31.3. The number of aldehydes is 1. The van der Waals surface area contributed by atoms with Crippen LogP contribution in [0.3, 0.4) is 0 Å². The van der Waals surface area contributed by atoms with E-state index in [1.807, 2.05) is 60.7 Å². The fourth-order valence-corrected chi connectivity index (χ4v) is 5.64. The molecule has 2 atom stereocenters. The molecule has 0 saturated carbocycles. The number of nitrogens with two attached hydrogens (primary N) is 2. The first-order valence-corrected chi connectivity index (χ1v) is 14.7. The molecular weight excluding hydrogens is 570 g/mol. The molecule has 0 unspecified atom stereocenters. The molecule has 0 spiro atoms. The molecule has 12 nitrogen and oxygen atoms in total. The summed E-state index contributed by atoms with van der Waals surface area (Å²) in [4.78, 5) is 60.0. The lowest BCUT2D eigenvalue weighted by atomic mass is 9.87. The van der Waals surface area contributed by atoms with E-state index in [-0.39, 0.29) is 37.7 Å². The van der Waals surface area contributed by atoms with Crippen molar-refractivity contribution in [3.8, 4) is 11.3 Å². The van der Waals surface area contributed by atoms with Crippen molar-refractivity contribution in [1.29, 1.82) is 0 Å². The average Bonchev–Trinajstić information content (AvgIpc) is 3.66. The largest absolute Gasteiger partial charge is 0.444 e. The lowest BCUT2D eigenvalue weighted by molar-refractivity contribution is -0.138. The van der Waals surface area contributed by atoms with Crippen molar-refractivity contribution in [2.24, 2.45) is 10.7 Å². The quantitative estimate of drug-likeness (QED) is 0.0640. The molecule has 13 heteroatoms. The SMILES string of the molecule is NC(=NCCC[C@@H](C=O)NC(=O)[C@]1(C(=O)Cc2sc(N)nc2-c2ccccc2)CCCN1)NC(=O)OCc1ccccc1. The number of aliphatic imine (C=N–C) groups is 1. The van der Waals surface area contributed by atoms with E-state index in [0.29, 0.717) is 47.8 Å². The molecule has 0 radical (unpaired) electrons. The number of nitrogens with one attached hydrogen (secondary N) is 3. The lowest BCUT2D eigenvalue weighted by Crippen LogP contribution is -2.61. The van der Waals surface area contributed by atoms with Crippen molar-refractivity contribution in [1.82, 2.24) is 20.9 Å². The predicted molar refractivity (Wildman–Crippen MR) is 164 cm³/mol. The number of carbonyl (C=O) groups excluding carboxylic acids is 4. The number of anilines is 1. The molecule has 0 bridgehead atoms. The van der Waals surface area contributed by atoms with Crippen LogP contribution >= 0.6 is 11.3 Å². The molecule has 1 saturated heterocycles. The maximum Gasteiger partial charge on any atom is 0.414 e. The summed E-state index contributed by atoms with van der Waals surface area (Å²) in [6.07, 6.45) is 1.47. The fourth-order valence-electron chi connectivity index (χ4n) is 4.79. The molecule has 7 N–H and O–H groups in total. The number of Topliss-reactive ketones (excluding diaryl/α,β-unsaturated/α-hetero) is 1. The van der Waals surface area contributed by atoms with Crippen molar-refractivity contribution in [2.45, 2.75) is 50.3 Å². The monoisotopic (exact) mass is 605 g/mol. The van der Waals surface area contributed by atoms with E-state index in [1.54, 1.807) is 0 Å². The summed E-state index contributed by atoms with van der Waals surface area (Å²) in [5.41, 5.74) is 12.6. The minimum Gasteiger partial charge on any atom is -0.444 e. The van der Waals surface area contributed by atoms with Crippen molar-refractivity contribution in [2.75, 3.05) is 18.8 Å². The number of hydrogen-bond donors (Lipinski definition) is 5. The topological polar surface area (TPSA) is 191 Å². The van der Waals surface area contributed by atoms with Gasteiger partial charge in [-0.2, -0.15) is 0 Å². The Morgan fingerprint density at radius 1 is 1.14 bits per heavy atom. The van der Waals surface area contributed by atoms with Crippen molar-refractivity contribution in [3.05, 3.63) is 71.1 Å². The zero-order valence-electron chi connectivity index (χ0n) is 23.6. The number of ketones is 1. The molecule has 0 aliphatic carbocycles. The van der Waals surface area contributed by atoms with Crippen LogP contribution in [0.5, 0.6) is 0 Å². The molecule has 1 aliphatic heterocycles. The molecule has 226 valence electrons. The Morgan fingerprint density at radius 3 is 2.53 bits per heavy atom. The number of benzene rings is 2. The standard InChI is InChI=1S/C30H35N7O5S/c31-27(37-29(41)42-19-20-9-3-1-4-10-20)33-15-7-13-22(18-38)35-26(40)30(14-8-16-34-30)24(39)17-23-25(36-28(32)43-23)21-11-5-2-6-12-21/h1-6,9-12,18,22,34H,7-8,13-17,19H2,(H2,32,36)(H,35,40)(H3,31,33,37,41)/t22-,30+/m0/s1. The zero-order valence-corrected chi connectivity index (χ0v) is 24.4. The van der Waals surface area contributed by atoms with Crippen LogP contribution in [0.15, 0.2) is 65.7 Å². The van der Waals surface area contributed by atoms with Crippen molar-refractivity contribution >= 4 is 46.5 Å². The van der Waals surface area contributed by atoms with Gasteiger partial charge >= 0.3 is 6.09 Å². The highest BCUT2D eigenvalue weighted by Gasteiger charge is 2.48. The van der Waals surface area contributed by atoms with Gasteiger partial charge in [0.1, 0.15) is 12.9 Å². The number of guanidine groups is 1. The Balaban J connectivity index is 1.29. The van der Waals surface area contributed by atoms with Crippen LogP contribution < -0.4 is 27.4 Å². The van der Waals surface area contributed by atoms with E-state index in [4.69, 9.17) is 16.2 Å². The number of hydrogen-bond acceptors (Lipinski definition) is 10. The van der Waals surface area contributed by atoms with Crippen LogP contribution in [-0.2, 0) is 32.1 Å². The second-order valence-electron chi connectivity index (χ2n) is 10.0. The summed E-state index contributed by atoms with van der Waals surface area (Å²) in [5, 5.41) is 8.50. The highest BCUT2D eigenvalue weighted by Crippen LogP contribution is 2.32. The average molecular weight is 606 g/mol. The van der Waals surface area contributed by atoms with Gasteiger partial charge in [-0.05, 0) is 37.8 Å². The number of amides is 2. The molecule has 4 rings (SSSR count). The Bertz CT molecular complexity index is 1440. The van der Waals surface area contributed by atoms with E-state index < -0.39 is 23.6 Å². The normalized spacial score (nSPS) is 17.2. The fraction of sp³-hybridized carbons (Fsp3) is 0.333. The van der Waals surface area contributed by atoms with Gasteiger partial charge in [0, 0.05) is 23.4 Å². The molecule has 2 amide bonds. The molecule has 1 aliphatic rings. The number of aromatic nitrogens is 1. The van der Waals surface area contributed by atoms with Crippen LogP contribution in [0.4, 0.5) is 9.93 Å². The summed E-state index contributed by atoms with van der Waals surface area (Å²) in [6, 6.07) is 17.8. The highest BCUT2D eigenvalue weighted by molar-refractivity contribution is 7.16. The molecule has 3 aromatic rings. The molecule has 2 heterocycles. The van der Waals surface area contributed by atoms with Gasteiger partial charge in [0.05, 0.1) is 11.7 Å². The van der Waals surface area contributed by atoms with Gasteiger partial charge in [-0.25, -0.2) is 9.78 Å². The number of nitrogens with zero attached hydrogens (tertiary/aromatic N) is 2. The molecule has 43 heavy (non-hydrogen) atoms. The number of ether oxygens (including phenoxy) is 1. The molecule has 2 aromatic carbocycles. The number of rotatable bonds is 13. The molecular formula is C30H35N7O5S. The third kappa shape index (κ3) is 8.46. The first-order valence-electron chi connectivity index (χ1n) is 13.9. The Morgan fingerprint density at radius 2 is 1.86 bits per heavy atom. The maximum absolute atomic E-state index is 13.6. The maximum atomic E-state index is 13.6. The van der Waals surface area contributed by atoms with Gasteiger partial charge in [0.15, 0.2) is 22.4 Å². The summed E-state index contributed by atoms with van der Waals surface area (Å²) in [7, 11) is 0. The van der Waals surface area contributed by atoms with E-state index in [1.165, 1.54) is 11.3 Å². The van der Waals surface area contributed by atoms with Crippen molar-refractivity contribution < 1.29 is 23.9 Å². The van der Waals surface area contributed by atoms with Crippen LogP contribution in [0.1, 0.15) is 36.1 Å². The molecule has 1 aromatic heterocycles. The Kier molecular flexibility index (Phi) is 10.9. The minimum absolute atomic E-state index is 0.0277. The Labute approximate surface area is 253 Å². The third-order valence-electron chi connectivity index (χ3n) is 6.98. The smallest absolute Gasteiger partial charge is 0.414 e. The summed E-state index contributed by atoms with van der Waals surface area (Å²) >= 11 is 1.22. The van der Waals surface area contributed by atoms with Crippen LogP contribution in [-0.4, -0.2) is 59.7 Å². The van der Waals surface area contributed by atoms with Gasteiger partial charge in [-0.15, -0.1) is 11.3 Å². The summed E-state index contributed by atoms with van der Waals surface area (Å²) < 4.78 is 5.10. The lowest BCUT2D eigenvalue weighted by Gasteiger charge is -2.28. The predicted octanol–water partition coefficient (Wildman–Crippen LogP) is 2.33. The third-order valence-corrected chi connectivity index (χ3v) is 7.86. The van der Waals surface area contributed by atoms with Crippen LogP contribution in [0.2, 0.25) is 0 Å². The number of nitrogen functional groups attached to an aromatic ring is 1. The molecule has 1 fully saturated rings. The first-order chi connectivity index (χ1) is 20.8. The number of alkyl carbamates (subject to hydrolysis) is 1. The van der Waals surface area contributed by atoms with Gasteiger partial charge in [-0.3, -0.25) is 25.2 Å². The zero-order chi connectivity index (χ0) is 30.7. The summed E-state index contributed by atoms with van der Waals surface area (Å²) in [6.45, 7) is 0.782. The van der Waals surface area contributed by atoms with E-state index in [9.17, 15) is 19.2 Å². The highest BCUT2D eigenvalue weighted by atomic mass is 32.1. The van der Waals surface area contributed by atoms with E-state index in [2.05, 4.69) is 25.9 Å². The minimum atomic E-state index is -1.46. The second kappa shape index (κ2) is 15.0.